The zero-order valence-electron chi connectivity index (χ0n) is 8.61. The molecule has 0 aliphatic rings. The molecule has 1 aromatic carbocycles. The summed E-state index contributed by atoms with van der Waals surface area (Å²) in [6.07, 6.45) is 0. The third kappa shape index (κ3) is 2.78. The summed E-state index contributed by atoms with van der Waals surface area (Å²) in [4.78, 5) is 11.8. The monoisotopic (exact) mass is 312 g/mol. The lowest BCUT2D eigenvalue weighted by atomic mass is 10.2. The number of aromatic hydroxyl groups is 1. The second-order valence-corrected chi connectivity index (χ2v) is 5.66. The Kier molecular flexibility index (Phi) is 3.35. The quantitative estimate of drug-likeness (QED) is 0.589. The molecule has 0 saturated heterocycles. The van der Waals surface area contributed by atoms with Crippen LogP contribution in [0.3, 0.4) is 0 Å². The molecular formula is C11H9BrN2O2S. The van der Waals surface area contributed by atoms with Gasteiger partial charge in [-0.25, -0.2) is 0 Å². The van der Waals surface area contributed by atoms with Crippen LogP contribution in [-0.4, -0.2) is 11.0 Å². The van der Waals surface area contributed by atoms with Crippen LogP contribution >= 0.6 is 27.3 Å². The number of nitrogens with two attached hydrogens (primary N) is 1. The molecule has 88 valence electrons. The maximum absolute atomic E-state index is 11.8. The van der Waals surface area contributed by atoms with Crippen LogP contribution in [0.4, 0.5) is 11.4 Å². The van der Waals surface area contributed by atoms with Gasteiger partial charge in [0.15, 0.2) is 0 Å². The molecule has 0 atom stereocenters. The van der Waals surface area contributed by atoms with Gasteiger partial charge in [-0.15, -0.1) is 11.3 Å². The fourth-order valence-corrected chi connectivity index (χ4v) is 2.42. The third-order valence-electron chi connectivity index (χ3n) is 2.11. The first kappa shape index (κ1) is 11.9. The number of halogens is 1. The van der Waals surface area contributed by atoms with E-state index in [0.717, 1.165) is 3.79 Å². The fraction of sp³-hybridized carbons (Fsp3) is 0. The molecule has 1 heterocycles. The second kappa shape index (κ2) is 4.77. The van der Waals surface area contributed by atoms with Crippen molar-refractivity contribution >= 4 is 44.5 Å². The van der Waals surface area contributed by atoms with Gasteiger partial charge in [0.2, 0.25) is 0 Å². The molecule has 4 nitrogen and oxygen atoms in total. The van der Waals surface area contributed by atoms with E-state index in [-0.39, 0.29) is 11.7 Å². The molecule has 4 N–H and O–H groups in total. The highest BCUT2D eigenvalue weighted by atomic mass is 79.9. The predicted molar refractivity (Wildman–Crippen MR) is 72.5 cm³/mol. The largest absolute Gasteiger partial charge is 0.508 e. The number of amides is 1. The first-order chi connectivity index (χ1) is 8.06. The molecule has 0 aliphatic carbocycles. The van der Waals surface area contributed by atoms with E-state index < -0.39 is 0 Å². The van der Waals surface area contributed by atoms with Crippen LogP contribution in [0.1, 0.15) is 10.4 Å². The summed E-state index contributed by atoms with van der Waals surface area (Å²) in [6, 6.07) is 6.15. The van der Waals surface area contributed by atoms with E-state index in [1.165, 1.54) is 23.5 Å². The van der Waals surface area contributed by atoms with E-state index in [1.807, 2.05) is 0 Å². The summed E-state index contributed by atoms with van der Waals surface area (Å²) in [5.41, 5.74) is 7.04. The normalized spacial score (nSPS) is 10.2. The van der Waals surface area contributed by atoms with Gasteiger partial charge in [-0.2, -0.15) is 0 Å². The Morgan fingerprint density at radius 2 is 2.18 bits per heavy atom. The number of phenolic OH excluding ortho intramolecular Hbond substituents is 1. The minimum absolute atomic E-state index is 0.0683. The van der Waals surface area contributed by atoms with Gasteiger partial charge in [-0.05, 0) is 34.1 Å². The van der Waals surface area contributed by atoms with E-state index in [4.69, 9.17) is 5.73 Å². The molecule has 0 saturated carbocycles. The van der Waals surface area contributed by atoms with Crippen molar-refractivity contribution in [2.24, 2.45) is 0 Å². The van der Waals surface area contributed by atoms with Crippen molar-refractivity contribution < 1.29 is 9.90 Å². The summed E-state index contributed by atoms with van der Waals surface area (Å²) in [5.74, 6) is -0.164. The number of nitrogen functional groups attached to an aromatic ring is 1. The highest BCUT2D eigenvalue weighted by molar-refractivity contribution is 9.11. The van der Waals surface area contributed by atoms with Gasteiger partial charge in [0.05, 0.1) is 20.7 Å². The van der Waals surface area contributed by atoms with Crippen molar-refractivity contribution in [1.29, 1.82) is 0 Å². The molecule has 2 aromatic rings. The van der Waals surface area contributed by atoms with Crippen LogP contribution in [0, 0.1) is 0 Å². The maximum Gasteiger partial charge on any atom is 0.256 e. The Hall–Kier alpha value is -1.53. The van der Waals surface area contributed by atoms with Crippen molar-refractivity contribution in [2.45, 2.75) is 0 Å². The predicted octanol–water partition coefficient (Wildman–Crippen LogP) is 3.05. The van der Waals surface area contributed by atoms with E-state index in [0.29, 0.717) is 16.9 Å². The van der Waals surface area contributed by atoms with E-state index in [9.17, 15) is 9.90 Å². The van der Waals surface area contributed by atoms with Gasteiger partial charge in [0.25, 0.3) is 5.91 Å². The lowest BCUT2D eigenvalue weighted by Crippen LogP contribution is -2.12. The lowest BCUT2D eigenvalue weighted by Gasteiger charge is -2.07. The van der Waals surface area contributed by atoms with Gasteiger partial charge >= 0.3 is 0 Å². The first-order valence-electron chi connectivity index (χ1n) is 4.70. The SMILES string of the molecule is Nc1cc(O)ccc1NC(=O)c1csc(Br)c1. The minimum atomic E-state index is -0.232. The maximum atomic E-state index is 11.8. The number of nitrogens with one attached hydrogen (secondary N) is 1. The van der Waals surface area contributed by atoms with Crippen LogP contribution < -0.4 is 11.1 Å². The summed E-state index contributed by atoms with van der Waals surface area (Å²) in [6.45, 7) is 0. The summed E-state index contributed by atoms with van der Waals surface area (Å²) >= 11 is 4.73. The molecule has 0 unspecified atom stereocenters. The Morgan fingerprint density at radius 1 is 1.41 bits per heavy atom. The average Bonchev–Trinajstić information content (AvgIpc) is 2.69. The molecule has 1 amide bonds. The summed E-state index contributed by atoms with van der Waals surface area (Å²) in [7, 11) is 0. The van der Waals surface area contributed by atoms with Gasteiger partial charge in [-0.3, -0.25) is 4.79 Å². The number of carbonyl (C=O) groups excluding carboxylic acids is 1. The standard InChI is InChI=1S/C11H9BrN2O2S/c12-10-3-6(5-17-10)11(16)14-9-2-1-7(15)4-8(9)13/h1-5,15H,13H2,(H,14,16). The molecule has 1 aromatic heterocycles. The van der Waals surface area contributed by atoms with E-state index in [1.54, 1.807) is 17.5 Å². The van der Waals surface area contributed by atoms with Gasteiger partial charge in [-0.1, -0.05) is 0 Å². The van der Waals surface area contributed by atoms with Crippen molar-refractivity contribution in [1.82, 2.24) is 0 Å². The number of rotatable bonds is 2. The third-order valence-corrected chi connectivity index (χ3v) is 3.62. The highest BCUT2D eigenvalue weighted by Gasteiger charge is 2.10. The first-order valence-corrected chi connectivity index (χ1v) is 6.37. The number of phenols is 1. The number of benzene rings is 1. The van der Waals surface area contributed by atoms with Crippen molar-refractivity contribution in [2.75, 3.05) is 11.1 Å². The Balaban J connectivity index is 2.18. The van der Waals surface area contributed by atoms with Gasteiger partial charge in [0, 0.05) is 11.4 Å². The zero-order valence-corrected chi connectivity index (χ0v) is 11.0. The smallest absolute Gasteiger partial charge is 0.256 e. The minimum Gasteiger partial charge on any atom is -0.508 e. The van der Waals surface area contributed by atoms with Crippen LogP contribution in [0.25, 0.3) is 0 Å². The van der Waals surface area contributed by atoms with Crippen LogP contribution in [0.2, 0.25) is 0 Å². The second-order valence-electron chi connectivity index (χ2n) is 3.37. The molecule has 0 aliphatic heterocycles. The van der Waals surface area contributed by atoms with E-state index >= 15 is 0 Å². The van der Waals surface area contributed by atoms with Gasteiger partial charge in [0.1, 0.15) is 5.75 Å². The molecular weight excluding hydrogens is 304 g/mol. The summed E-state index contributed by atoms with van der Waals surface area (Å²) < 4.78 is 0.890. The van der Waals surface area contributed by atoms with Crippen molar-refractivity contribution in [3.8, 4) is 5.75 Å². The number of hydrogen-bond donors (Lipinski definition) is 3. The van der Waals surface area contributed by atoms with E-state index in [2.05, 4.69) is 21.2 Å². The van der Waals surface area contributed by atoms with Gasteiger partial charge < -0.3 is 16.2 Å². The zero-order chi connectivity index (χ0) is 12.4. The topological polar surface area (TPSA) is 75.3 Å². The number of thiophene rings is 1. The molecule has 0 radical (unpaired) electrons. The summed E-state index contributed by atoms with van der Waals surface area (Å²) in [5, 5.41) is 13.6. The molecule has 0 spiro atoms. The molecule has 0 fully saturated rings. The lowest BCUT2D eigenvalue weighted by molar-refractivity contribution is 0.102. The molecule has 0 bridgehead atoms. The van der Waals surface area contributed by atoms with Crippen LogP contribution in [-0.2, 0) is 0 Å². The van der Waals surface area contributed by atoms with Crippen LogP contribution in [0.5, 0.6) is 5.75 Å². The highest BCUT2D eigenvalue weighted by Crippen LogP contribution is 2.25. The molecule has 6 heteroatoms. The Labute approximate surface area is 110 Å². The Morgan fingerprint density at radius 3 is 2.76 bits per heavy atom. The number of anilines is 2. The van der Waals surface area contributed by atoms with Crippen molar-refractivity contribution in [3.05, 3.63) is 39.0 Å². The Bertz CT molecular complexity index is 568. The average molecular weight is 313 g/mol. The molecule has 2 rings (SSSR count). The molecule has 17 heavy (non-hydrogen) atoms. The van der Waals surface area contributed by atoms with Crippen LogP contribution in [0.15, 0.2) is 33.4 Å². The fourth-order valence-electron chi connectivity index (χ4n) is 1.29. The number of hydrogen-bond acceptors (Lipinski definition) is 4. The number of carbonyl (C=O) groups is 1. The van der Waals surface area contributed by atoms with Crippen molar-refractivity contribution in [3.63, 3.8) is 0 Å².